The van der Waals surface area contributed by atoms with Gasteiger partial charge >= 0.3 is 12.1 Å². The number of hydrogen-bond acceptors (Lipinski definition) is 16. The molecule has 8 heterocycles. The number of nitrogens with zero attached hydrogens (tertiary/aromatic N) is 6. The van der Waals surface area contributed by atoms with Crippen molar-refractivity contribution in [2.24, 2.45) is 0 Å². The summed E-state index contributed by atoms with van der Waals surface area (Å²) in [5.74, 6) is -1.80. The van der Waals surface area contributed by atoms with Crippen molar-refractivity contribution >= 4 is 68.8 Å². The summed E-state index contributed by atoms with van der Waals surface area (Å²) in [5.41, 5.74) is 0.580. The predicted molar refractivity (Wildman–Crippen MR) is 270 cm³/mol. The monoisotopic (exact) mass is 1040 g/mol. The van der Waals surface area contributed by atoms with Crippen LogP contribution in [0.1, 0.15) is 77.6 Å². The number of benzene rings is 3. The number of nitrogens with one attached hydrogen (secondary N) is 4. The maximum atomic E-state index is 17.2. The van der Waals surface area contributed by atoms with Crippen LogP contribution in [0.4, 0.5) is 25.1 Å². The summed E-state index contributed by atoms with van der Waals surface area (Å²) in [6.45, 7) is 6.48. The van der Waals surface area contributed by atoms with Crippen molar-refractivity contribution < 1.29 is 56.9 Å². The fraction of sp³-hybridized carbons (Fsp3) is 0.389. The number of pyridine rings is 1. The number of fused-ring (bicyclic) bond motifs is 6. The van der Waals surface area contributed by atoms with E-state index in [1.165, 1.54) is 48.7 Å². The van der Waals surface area contributed by atoms with Gasteiger partial charge in [0.15, 0.2) is 5.82 Å². The van der Waals surface area contributed by atoms with E-state index in [2.05, 4.69) is 53.5 Å². The Hall–Kier alpha value is -8.13. The molecule has 2 aromatic heterocycles. The molecule has 3 unspecified atom stereocenters. The van der Waals surface area contributed by atoms with Gasteiger partial charge in [0.25, 0.3) is 11.8 Å². The van der Waals surface area contributed by atoms with Gasteiger partial charge in [-0.15, -0.1) is 6.42 Å². The number of halogens is 2. The lowest BCUT2D eigenvalue weighted by Gasteiger charge is -2.35. The molecule has 6 amide bonds. The first-order valence-electron chi connectivity index (χ1n) is 25.2. The number of phenols is 1. The van der Waals surface area contributed by atoms with Crippen molar-refractivity contribution in [2.45, 2.75) is 81.1 Å². The maximum Gasteiger partial charge on any atom is 0.407 e. The minimum Gasteiger partial charge on any atom is -0.508 e. The van der Waals surface area contributed by atoms with Crippen LogP contribution in [0.2, 0.25) is 0 Å². The lowest BCUT2D eigenvalue weighted by Crippen LogP contribution is -2.54. The molecule has 0 radical (unpaired) electrons. The lowest BCUT2D eigenvalue weighted by molar-refractivity contribution is -0.136. The molecule has 5 saturated heterocycles. The van der Waals surface area contributed by atoms with Crippen LogP contribution in [0.25, 0.3) is 32.9 Å². The number of piperazine rings is 1. The third kappa shape index (κ3) is 9.38. The number of hydrogen-bond donors (Lipinski definition) is 5. The van der Waals surface area contributed by atoms with Gasteiger partial charge in [-0.3, -0.25) is 44.1 Å². The maximum absolute atomic E-state index is 17.2. The van der Waals surface area contributed by atoms with Gasteiger partial charge in [0.1, 0.15) is 47.9 Å². The number of alkyl carbamates (subject to hydrolysis) is 1. The number of terminal acetylenes is 1. The number of rotatable bonds is 15. The first kappa shape index (κ1) is 50.0. The van der Waals surface area contributed by atoms with Crippen LogP contribution in [-0.2, 0) is 23.9 Å². The van der Waals surface area contributed by atoms with E-state index in [0.717, 1.165) is 23.3 Å². The molecule has 11 rings (SSSR count). The summed E-state index contributed by atoms with van der Waals surface area (Å²) in [6, 6.07) is 8.75. The first-order chi connectivity index (χ1) is 36.7. The number of piperidine rings is 1. The molecule has 2 bridgehead atoms. The second-order valence-corrected chi connectivity index (χ2v) is 20.1. The minimum absolute atomic E-state index is 0.00432. The number of phenolic OH excluding ortho intramolecular Hbond substituents is 1. The Kier molecular flexibility index (Phi) is 13.3. The summed E-state index contributed by atoms with van der Waals surface area (Å²) in [4.78, 5) is 94.9. The Morgan fingerprint density at radius 2 is 1.78 bits per heavy atom. The average molecular weight is 1040 g/mol. The number of aromatic hydroxyl groups is 1. The van der Waals surface area contributed by atoms with Crippen molar-refractivity contribution in [3.63, 3.8) is 0 Å². The molecule has 5 N–H and O–H groups in total. The summed E-state index contributed by atoms with van der Waals surface area (Å²) in [5, 5.41) is 22.8. The van der Waals surface area contributed by atoms with E-state index < -0.39 is 58.8 Å². The van der Waals surface area contributed by atoms with Crippen LogP contribution >= 0.6 is 0 Å². The highest BCUT2D eigenvalue weighted by molar-refractivity contribution is 6.24. The van der Waals surface area contributed by atoms with E-state index in [-0.39, 0.29) is 127 Å². The van der Waals surface area contributed by atoms with Crippen molar-refractivity contribution in [3.8, 4) is 35.4 Å². The molecular weight excluding hydrogens is 987 g/mol. The van der Waals surface area contributed by atoms with E-state index in [0.29, 0.717) is 55.5 Å². The van der Waals surface area contributed by atoms with Gasteiger partial charge in [-0.05, 0) is 80.3 Å². The normalized spacial score (nSPS) is 23.0. The van der Waals surface area contributed by atoms with Crippen molar-refractivity contribution in [3.05, 3.63) is 89.1 Å². The first-order valence-corrected chi connectivity index (χ1v) is 25.2. The second-order valence-electron chi connectivity index (χ2n) is 20.1. The van der Waals surface area contributed by atoms with Crippen LogP contribution in [-0.4, -0.2) is 148 Å². The summed E-state index contributed by atoms with van der Waals surface area (Å²) < 4.78 is 50.0. The molecule has 5 fully saturated rings. The van der Waals surface area contributed by atoms with Gasteiger partial charge in [-0.2, -0.15) is 9.97 Å². The summed E-state index contributed by atoms with van der Waals surface area (Å²) in [6.07, 6.45) is 10.5. The quantitative estimate of drug-likeness (QED) is 0.0420. The van der Waals surface area contributed by atoms with Crippen molar-refractivity contribution in [1.82, 2.24) is 40.7 Å². The zero-order valence-corrected chi connectivity index (χ0v) is 41.1. The summed E-state index contributed by atoms with van der Waals surface area (Å²) in [7, 11) is 0. The molecule has 0 spiro atoms. The zero-order chi connectivity index (χ0) is 53.0. The highest BCUT2D eigenvalue weighted by Gasteiger charge is 2.52. The van der Waals surface area contributed by atoms with Gasteiger partial charge < -0.3 is 40.2 Å². The van der Waals surface area contributed by atoms with Gasteiger partial charge in [-0.1, -0.05) is 24.1 Å². The fourth-order valence-corrected chi connectivity index (χ4v) is 11.7. The molecule has 6 aliphatic rings. The van der Waals surface area contributed by atoms with Gasteiger partial charge in [0, 0.05) is 73.6 Å². The third-order valence-electron chi connectivity index (χ3n) is 15.2. The molecule has 5 atom stereocenters. The van der Waals surface area contributed by atoms with Crippen molar-refractivity contribution in [2.75, 3.05) is 62.8 Å². The molecule has 76 heavy (non-hydrogen) atoms. The van der Waals surface area contributed by atoms with Crippen LogP contribution < -0.4 is 30.9 Å². The smallest absolute Gasteiger partial charge is 0.407 e. The Bertz CT molecular complexity index is 3340. The molecule has 0 aliphatic carbocycles. The summed E-state index contributed by atoms with van der Waals surface area (Å²) >= 11 is 0. The van der Waals surface area contributed by atoms with Crippen LogP contribution in [0, 0.1) is 24.0 Å². The number of imide groups is 2. The predicted octanol–water partition coefficient (Wildman–Crippen LogP) is 4.47. The molecule has 392 valence electrons. The third-order valence-corrected chi connectivity index (χ3v) is 15.2. The van der Waals surface area contributed by atoms with E-state index in [9.17, 15) is 33.9 Å². The molecule has 0 saturated carbocycles. The Morgan fingerprint density at radius 1 is 0.974 bits per heavy atom. The molecule has 5 aromatic rings. The number of anilines is 2. The number of amides is 6. The van der Waals surface area contributed by atoms with Crippen molar-refractivity contribution in [1.29, 1.82) is 0 Å². The highest BCUT2D eigenvalue weighted by atomic mass is 19.1. The number of carbonyl (C=O) groups excluding carboxylic acids is 6. The number of carbonyl (C=O) groups is 6. The molecule has 3 aromatic carbocycles. The topological polar surface area (TPSA) is 247 Å². The Labute approximate surface area is 433 Å². The SMILES string of the molecule is C#Cc1c(F)ccc2cc(O)cc(-c3ncc4c(N5CC6CCC(C5)N6)nc(OC[C@@]56CC[C@@H](COC(=O)NCCOCCC(=O)Nc7ccc8c(c7)C(=O)N(C7CCC(=O)NC7=O)C8=O)N5CC(=C)C6)nc4c3F)c12. The van der Waals surface area contributed by atoms with Crippen LogP contribution in [0.15, 0.2) is 60.8 Å². The van der Waals surface area contributed by atoms with E-state index >= 15 is 8.78 Å². The fourth-order valence-electron chi connectivity index (χ4n) is 11.7. The van der Waals surface area contributed by atoms with Crippen LogP contribution in [0.3, 0.4) is 0 Å². The van der Waals surface area contributed by atoms with Crippen LogP contribution in [0.5, 0.6) is 11.8 Å². The van der Waals surface area contributed by atoms with Gasteiger partial charge in [0.2, 0.25) is 17.7 Å². The molecule has 22 heteroatoms. The number of ether oxygens (including phenoxy) is 3. The van der Waals surface area contributed by atoms with Gasteiger partial charge in [0.05, 0.1) is 47.3 Å². The largest absolute Gasteiger partial charge is 0.508 e. The molecule has 20 nitrogen and oxygen atoms in total. The zero-order valence-electron chi connectivity index (χ0n) is 41.1. The minimum atomic E-state index is -1.11. The standard InChI is InChI=1S/C54H52F2N10O10/c1-3-35-40(55)9-4-29-18-34(67)20-38(44(29)35)46-45(56)47-39(22-58-46)48(64-24-31-5-6-32(25-64)59-31)63-52(62-47)76-27-54-14-12-33(65(54)23-28(2)21-54)26-75-53(73)57-15-17-74-16-13-43(69)60-30-7-8-36-37(19-30)51(72)66(50(36)71)41-10-11-42(68)61-49(41)70/h1,4,7-9,18-20,22,31-33,41,59,67H,2,5-6,10-17,21,23-27H2,(H,57,73)(H,60,69)(H,61,68,70)/t31?,32?,33-,41?,54-/m0/s1. The molecule has 6 aliphatic heterocycles. The highest BCUT2D eigenvalue weighted by Crippen LogP contribution is 2.45. The van der Waals surface area contributed by atoms with E-state index in [4.69, 9.17) is 25.6 Å². The lowest BCUT2D eigenvalue weighted by atomic mass is 9.94. The van der Waals surface area contributed by atoms with E-state index in [1.54, 1.807) is 0 Å². The van der Waals surface area contributed by atoms with E-state index in [1.807, 2.05) is 0 Å². The second kappa shape index (κ2) is 20.2. The average Bonchev–Trinajstić information content (AvgIpc) is 4.12. The Morgan fingerprint density at radius 3 is 2.57 bits per heavy atom. The van der Waals surface area contributed by atoms with Gasteiger partial charge in [-0.25, -0.2) is 13.6 Å². The number of aromatic nitrogens is 3. The Balaban J connectivity index is 0.694. The molecular formula is C54H52F2N10O10.